The van der Waals surface area contributed by atoms with Crippen LogP contribution >= 0.6 is 11.3 Å². The molecule has 0 unspecified atom stereocenters. The van der Waals surface area contributed by atoms with Crippen LogP contribution in [0, 0.1) is 13.8 Å². The predicted molar refractivity (Wildman–Crippen MR) is 86.6 cm³/mol. The van der Waals surface area contributed by atoms with E-state index < -0.39 is 0 Å². The fourth-order valence-corrected chi connectivity index (χ4v) is 3.38. The lowest BCUT2D eigenvalue weighted by atomic mass is 10.1. The lowest BCUT2D eigenvalue weighted by Crippen LogP contribution is -2.05. The van der Waals surface area contributed by atoms with Gasteiger partial charge in [-0.25, -0.2) is 9.97 Å². The summed E-state index contributed by atoms with van der Waals surface area (Å²) in [5.74, 6) is 0.856. The minimum atomic E-state index is 0.0492. The molecule has 2 heterocycles. The second kappa shape index (κ2) is 5.79. The quantitative estimate of drug-likeness (QED) is 0.775. The van der Waals surface area contributed by atoms with Crippen molar-refractivity contribution in [3.63, 3.8) is 0 Å². The molecule has 2 aromatic heterocycles. The number of benzene rings is 1. The Hall–Kier alpha value is -1.98. The topological polar surface area (TPSA) is 58.0 Å². The Morgan fingerprint density at radius 3 is 2.67 bits per heavy atom. The van der Waals surface area contributed by atoms with Gasteiger partial charge in [-0.05, 0) is 30.5 Å². The molecule has 0 aliphatic heterocycles. The normalized spacial score (nSPS) is 11.0. The summed E-state index contributed by atoms with van der Waals surface area (Å²) in [5, 5.41) is 13.9. The molecule has 0 aliphatic rings. The van der Waals surface area contributed by atoms with Crippen molar-refractivity contribution in [2.24, 2.45) is 0 Å². The number of aliphatic hydroxyl groups is 1. The van der Waals surface area contributed by atoms with E-state index in [1.54, 1.807) is 17.7 Å². The highest BCUT2D eigenvalue weighted by molar-refractivity contribution is 7.18. The van der Waals surface area contributed by atoms with Crippen LogP contribution in [0.1, 0.15) is 21.6 Å². The molecular formula is C16H17N3OS. The average Bonchev–Trinajstić information content (AvgIpc) is 2.81. The standard InChI is InChI=1S/C16H17N3OS/c1-10-11(2)21-16-14(10)15(18-9-19-16)17-7-12-5-3-4-6-13(12)8-20/h3-6,9,20H,7-8H2,1-2H3,(H,17,18,19). The third-order valence-electron chi connectivity index (χ3n) is 3.70. The number of hydrogen-bond acceptors (Lipinski definition) is 5. The maximum atomic E-state index is 9.38. The van der Waals surface area contributed by atoms with Crippen molar-refractivity contribution in [2.75, 3.05) is 5.32 Å². The number of anilines is 1. The zero-order valence-corrected chi connectivity index (χ0v) is 12.9. The third kappa shape index (κ3) is 2.62. The van der Waals surface area contributed by atoms with Gasteiger partial charge in [0, 0.05) is 11.4 Å². The van der Waals surface area contributed by atoms with Gasteiger partial charge >= 0.3 is 0 Å². The summed E-state index contributed by atoms with van der Waals surface area (Å²) < 4.78 is 0. The van der Waals surface area contributed by atoms with Crippen molar-refractivity contribution in [1.29, 1.82) is 0 Å². The van der Waals surface area contributed by atoms with Crippen molar-refractivity contribution < 1.29 is 5.11 Å². The molecule has 3 aromatic rings. The van der Waals surface area contributed by atoms with Crippen molar-refractivity contribution >= 4 is 27.4 Å². The van der Waals surface area contributed by atoms with Crippen molar-refractivity contribution in [2.45, 2.75) is 27.0 Å². The van der Waals surface area contributed by atoms with Gasteiger partial charge in [0.25, 0.3) is 0 Å². The Kier molecular flexibility index (Phi) is 3.86. The second-order valence-electron chi connectivity index (χ2n) is 4.97. The second-order valence-corrected chi connectivity index (χ2v) is 6.17. The number of thiophene rings is 1. The summed E-state index contributed by atoms with van der Waals surface area (Å²) in [6.45, 7) is 4.89. The molecule has 0 fully saturated rings. The highest BCUT2D eigenvalue weighted by atomic mass is 32.1. The van der Waals surface area contributed by atoms with E-state index in [9.17, 15) is 5.11 Å². The number of nitrogens with zero attached hydrogens (tertiary/aromatic N) is 2. The van der Waals surface area contributed by atoms with Gasteiger partial charge in [0.2, 0.25) is 0 Å². The van der Waals surface area contributed by atoms with Crippen LogP contribution in [-0.2, 0) is 13.2 Å². The third-order valence-corrected chi connectivity index (χ3v) is 4.82. The van der Waals surface area contributed by atoms with Gasteiger partial charge in [0.15, 0.2) is 0 Å². The molecule has 108 valence electrons. The molecule has 0 aliphatic carbocycles. The van der Waals surface area contributed by atoms with Gasteiger partial charge in [-0.15, -0.1) is 11.3 Å². The maximum absolute atomic E-state index is 9.38. The van der Waals surface area contributed by atoms with Crippen LogP contribution < -0.4 is 5.32 Å². The zero-order valence-electron chi connectivity index (χ0n) is 12.1. The average molecular weight is 299 g/mol. The molecule has 0 bridgehead atoms. The van der Waals surface area contributed by atoms with Crippen molar-refractivity contribution in [3.8, 4) is 0 Å². The van der Waals surface area contributed by atoms with Gasteiger partial charge in [-0.3, -0.25) is 0 Å². The molecule has 0 radical (unpaired) electrons. The minimum absolute atomic E-state index is 0.0492. The van der Waals surface area contributed by atoms with E-state index in [0.717, 1.165) is 27.2 Å². The summed E-state index contributed by atoms with van der Waals surface area (Å²) in [6.07, 6.45) is 1.60. The van der Waals surface area contributed by atoms with E-state index >= 15 is 0 Å². The number of fused-ring (bicyclic) bond motifs is 1. The first kappa shape index (κ1) is 14.0. The largest absolute Gasteiger partial charge is 0.392 e. The van der Waals surface area contributed by atoms with Crippen LogP contribution in [0.2, 0.25) is 0 Å². The Morgan fingerprint density at radius 2 is 1.90 bits per heavy atom. The maximum Gasteiger partial charge on any atom is 0.138 e. The first-order valence-corrected chi connectivity index (χ1v) is 7.64. The first-order chi connectivity index (χ1) is 10.2. The molecule has 0 atom stereocenters. The number of rotatable bonds is 4. The molecular weight excluding hydrogens is 282 g/mol. The molecule has 2 N–H and O–H groups in total. The molecule has 0 amide bonds. The van der Waals surface area contributed by atoms with Crippen LogP contribution in [0.4, 0.5) is 5.82 Å². The molecule has 1 aromatic carbocycles. The van der Waals surface area contributed by atoms with Crippen molar-refractivity contribution in [1.82, 2.24) is 9.97 Å². The van der Waals surface area contributed by atoms with E-state index in [1.807, 2.05) is 24.3 Å². The summed E-state index contributed by atoms with van der Waals surface area (Å²) in [6, 6.07) is 7.87. The molecule has 5 heteroatoms. The Bertz CT molecular complexity index is 782. The lowest BCUT2D eigenvalue weighted by Gasteiger charge is -2.10. The first-order valence-electron chi connectivity index (χ1n) is 6.83. The van der Waals surface area contributed by atoms with Crippen LogP contribution in [-0.4, -0.2) is 15.1 Å². The molecule has 3 rings (SSSR count). The van der Waals surface area contributed by atoms with Gasteiger partial charge in [0.05, 0.1) is 12.0 Å². The number of aliphatic hydroxyl groups excluding tert-OH is 1. The van der Waals surface area contributed by atoms with Crippen LogP contribution in [0.3, 0.4) is 0 Å². The number of nitrogens with one attached hydrogen (secondary N) is 1. The van der Waals surface area contributed by atoms with E-state index in [2.05, 4.69) is 29.1 Å². The van der Waals surface area contributed by atoms with Crippen LogP contribution in [0.5, 0.6) is 0 Å². The Morgan fingerprint density at radius 1 is 1.14 bits per heavy atom. The number of aromatic nitrogens is 2. The summed E-state index contributed by atoms with van der Waals surface area (Å²) >= 11 is 1.69. The lowest BCUT2D eigenvalue weighted by molar-refractivity contribution is 0.280. The van der Waals surface area contributed by atoms with Crippen LogP contribution in [0.25, 0.3) is 10.2 Å². The fourth-order valence-electron chi connectivity index (χ4n) is 2.38. The summed E-state index contributed by atoms with van der Waals surface area (Å²) in [7, 11) is 0. The smallest absolute Gasteiger partial charge is 0.138 e. The fraction of sp³-hybridized carbons (Fsp3) is 0.250. The van der Waals surface area contributed by atoms with E-state index in [1.165, 1.54) is 10.4 Å². The number of hydrogen-bond donors (Lipinski definition) is 2. The van der Waals surface area contributed by atoms with Crippen molar-refractivity contribution in [3.05, 3.63) is 52.2 Å². The zero-order chi connectivity index (χ0) is 14.8. The molecule has 0 saturated carbocycles. The summed E-state index contributed by atoms with van der Waals surface area (Å²) in [5.41, 5.74) is 3.25. The monoisotopic (exact) mass is 299 g/mol. The van der Waals surface area contributed by atoms with Gasteiger partial charge in [-0.2, -0.15) is 0 Å². The van der Waals surface area contributed by atoms with Crippen LogP contribution in [0.15, 0.2) is 30.6 Å². The van der Waals surface area contributed by atoms with Gasteiger partial charge in [0.1, 0.15) is 17.0 Å². The highest BCUT2D eigenvalue weighted by Crippen LogP contribution is 2.32. The number of aryl methyl sites for hydroxylation is 2. The highest BCUT2D eigenvalue weighted by Gasteiger charge is 2.12. The van der Waals surface area contributed by atoms with E-state index in [4.69, 9.17) is 0 Å². The SMILES string of the molecule is Cc1sc2ncnc(NCc3ccccc3CO)c2c1C. The molecule has 0 saturated heterocycles. The summed E-state index contributed by atoms with van der Waals surface area (Å²) in [4.78, 5) is 11.0. The molecule has 0 spiro atoms. The van der Waals surface area contributed by atoms with Gasteiger partial charge in [-0.1, -0.05) is 24.3 Å². The molecule has 4 nitrogen and oxygen atoms in total. The van der Waals surface area contributed by atoms with E-state index in [0.29, 0.717) is 6.54 Å². The molecule has 21 heavy (non-hydrogen) atoms. The predicted octanol–water partition coefficient (Wildman–Crippen LogP) is 3.41. The Balaban J connectivity index is 1.92. The Labute approximate surface area is 127 Å². The van der Waals surface area contributed by atoms with Gasteiger partial charge < -0.3 is 10.4 Å². The minimum Gasteiger partial charge on any atom is -0.392 e. The van der Waals surface area contributed by atoms with E-state index in [-0.39, 0.29) is 6.61 Å².